The van der Waals surface area contributed by atoms with E-state index < -0.39 is 0 Å². The predicted octanol–water partition coefficient (Wildman–Crippen LogP) is 2.35. The lowest BCUT2D eigenvalue weighted by atomic mass is 10.1. The number of ether oxygens (including phenoxy) is 6. The SMILES string of the molecule is CC(=O)OCC1CC(OC(C)=O)CC(SCC2CC(OC(C)=O)CC(S)O2)O1.COC. The Kier molecular flexibility index (Phi) is 13.5. The van der Waals surface area contributed by atoms with E-state index in [0.29, 0.717) is 31.4 Å². The molecule has 6 atom stereocenters. The summed E-state index contributed by atoms with van der Waals surface area (Å²) >= 11 is 5.92. The average molecular weight is 483 g/mol. The molecule has 11 heteroatoms. The number of hydrogen-bond acceptors (Lipinski definition) is 11. The van der Waals surface area contributed by atoms with Gasteiger partial charge in [0.2, 0.25) is 0 Å². The van der Waals surface area contributed by atoms with Crippen LogP contribution in [-0.4, -0.2) is 79.8 Å². The Morgan fingerprint density at radius 2 is 1.42 bits per heavy atom. The molecule has 9 nitrogen and oxygen atoms in total. The Labute approximate surface area is 193 Å². The summed E-state index contributed by atoms with van der Waals surface area (Å²) in [6.45, 7) is 4.22. The summed E-state index contributed by atoms with van der Waals surface area (Å²) in [5.41, 5.74) is -0.517. The number of hydrogen-bond donors (Lipinski definition) is 1. The van der Waals surface area contributed by atoms with E-state index in [1.54, 1.807) is 26.0 Å². The van der Waals surface area contributed by atoms with Gasteiger partial charge in [-0.2, -0.15) is 0 Å². The number of carbonyl (C=O) groups excluding carboxylic acids is 3. The first-order chi connectivity index (χ1) is 14.6. The van der Waals surface area contributed by atoms with Crippen molar-refractivity contribution in [3.8, 4) is 0 Å². The van der Waals surface area contributed by atoms with Gasteiger partial charge in [0.15, 0.2) is 0 Å². The van der Waals surface area contributed by atoms with Crippen LogP contribution in [0.3, 0.4) is 0 Å². The van der Waals surface area contributed by atoms with Crippen molar-refractivity contribution in [1.82, 2.24) is 0 Å². The molecule has 31 heavy (non-hydrogen) atoms. The van der Waals surface area contributed by atoms with Gasteiger partial charge in [0.05, 0.1) is 12.2 Å². The second-order valence-electron chi connectivity index (χ2n) is 7.35. The summed E-state index contributed by atoms with van der Waals surface area (Å²) in [6.07, 6.45) is 1.22. The zero-order valence-corrected chi connectivity index (χ0v) is 20.4. The first-order valence-electron chi connectivity index (χ1n) is 10.1. The molecule has 0 aromatic carbocycles. The van der Waals surface area contributed by atoms with E-state index in [1.807, 2.05) is 0 Å². The molecule has 0 spiro atoms. The Morgan fingerprint density at radius 3 is 1.97 bits per heavy atom. The van der Waals surface area contributed by atoms with Gasteiger partial charge in [0.1, 0.15) is 29.7 Å². The molecule has 0 bridgehead atoms. The lowest BCUT2D eigenvalue weighted by Gasteiger charge is -2.36. The third kappa shape index (κ3) is 12.6. The van der Waals surface area contributed by atoms with E-state index in [4.69, 9.17) is 23.7 Å². The fourth-order valence-corrected chi connectivity index (χ4v) is 4.92. The van der Waals surface area contributed by atoms with E-state index in [9.17, 15) is 14.4 Å². The Balaban J connectivity index is 0.00000151. The van der Waals surface area contributed by atoms with Crippen molar-refractivity contribution in [1.29, 1.82) is 0 Å². The molecule has 2 saturated heterocycles. The fourth-order valence-electron chi connectivity index (χ4n) is 3.29. The van der Waals surface area contributed by atoms with Gasteiger partial charge in [-0.1, -0.05) is 0 Å². The van der Waals surface area contributed by atoms with Gasteiger partial charge in [-0.15, -0.1) is 24.4 Å². The molecule has 2 heterocycles. The zero-order valence-electron chi connectivity index (χ0n) is 18.7. The maximum absolute atomic E-state index is 11.3. The van der Waals surface area contributed by atoms with Gasteiger partial charge in [-0.25, -0.2) is 0 Å². The molecule has 0 amide bonds. The van der Waals surface area contributed by atoms with Crippen LogP contribution >= 0.6 is 24.4 Å². The normalized spacial score (nSPS) is 30.4. The van der Waals surface area contributed by atoms with Gasteiger partial charge in [0.25, 0.3) is 0 Å². The monoisotopic (exact) mass is 482 g/mol. The summed E-state index contributed by atoms with van der Waals surface area (Å²) in [6, 6.07) is 0. The number of esters is 3. The fraction of sp³-hybridized carbons (Fsp3) is 0.850. The van der Waals surface area contributed by atoms with Gasteiger partial charge < -0.3 is 28.4 Å². The lowest BCUT2D eigenvalue weighted by molar-refractivity contribution is -0.162. The lowest BCUT2D eigenvalue weighted by Crippen LogP contribution is -2.40. The van der Waals surface area contributed by atoms with Crippen LogP contribution < -0.4 is 0 Å². The van der Waals surface area contributed by atoms with Crippen LogP contribution in [0, 0.1) is 0 Å². The van der Waals surface area contributed by atoms with Crippen molar-refractivity contribution in [2.24, 2.45) is 0 Å². The topological polar surface area (TPSA) is 107 Å². The molecular weight excluding hydrogens is 448 g/mol. The molecule has 180 valence electrons. The maximum Gasteiger partial charge on any atom is 0.302 e. The highest BCUT2D eigenvalue weighted by molar-refractivity contribution is 7.99. The van der Waals surface area contributed by atoms with Crippen molar-refractivity contribution >= 4 is 42.3 Å². The summed E-state index contributed by atoms with van der Waals surface area (Å²) in [7, 11) is 3.25. The molecule has 0 saturated carbocycles. The standard InChI is InChI=1S/C18H28O8S2.C2H6O/c1-10(19)22-8-15-4-14(24-12(3)21)7-18(26-15)28-9-16-5-13(23-11(2)20)6-17(27)25-16;1-3-2/h13-18,27H,4-9H2,1-3H3;1-2H3. The van der Waals surface area contributed by atoms with E-state index >= 15 is 0 Å². The van der Waals surface area contributed by atoms with Crippen molar-refractivity contribution in [3.63, 3.8) is 0 Å². The van der Waals surface area contributed by atoms with Crippen LogP contribution in [-0.2, 0) is 42.8 Å². The van der Waals surface area contributed by atoms with E-state index in [1.165, 1.54) is 20.8 Å². The Hall–Kier alpha value is -1.01. The minimum atomic E-state index is -0.380. The molecular formula is C20H34O9S2. The van der Waals surface area contributed by atoms with Crippen LogP contribution in [0.15, 0.2) is 0 Å². The number of thioether (sulfide) groups is 1. The second-order valence-corrected chi connectivity index (χ2v) is 9.12. The largest absolute Gasteiger partial charge is 0.463 e. The Morgan fingerprint density at radius 1 is 0.871 bits per heavy atom. The molecule has 0 aromatic heterocycles. The van der Waals surface area contributed by atoms with Gasteiger partial charge in [0, 0.05) is 66.4 Å². The molecule has 2 aliphatic heterocycles. The Bertz CT molecular complexity index is 575. The van der Waals surface area contributed by atoms with Crippen LogP contribution in [0.5, 0.6) is 0 Å². The molecule has 2 aliphatic rings. The molecule has 6 unspecified atom stereocenters. The number of carbonyl (C=O) groups is 3. The minimum absolute atomic E-state index is 0.122. The van der Waals surface area contributed by atoms with Crippen molar-refractivity contribution in [3.05, 3.63) is 0 Å². The van der Waals surface area contributed by atoms with Crippen LogP contribution in [0.25, 0.3) is 0 Å². The van der Waals surface area contributed by atoms with Gasteiger partial charge in [-0.3, -0.25) is 14.4 Å². The number of thiol groups is 1. The maximum atomic E-state index is 11.3. The van der Waals surface area contributed by atoms with Crippen LogP contribution in [0.2, 0.25) is 0 Å². The molecule has 2 fully saturated rings. The third-order valence-electron chi connectivity index (χ3n) is 4.27. The number of methoxy groups -OCH3 is 1. The van der Waals surface area contributed by atoms with Crippen molar-refractivity contribution in [2.45, 2.75) is 81.7 Å². The van der Waals surface area contributed by atoms with Gasteiger partial charge >= 0.3 is 17.9 Å². The third-order valence-corrected chi connectivity index (χ3v) is 5.84. The average Bonchev–Trinajstić information content (AvgIpc) is 2.64. The summed E-state index contributed by atoms with van der Waals surface area (Å²) < 4.78 is 31.8. The quantitative estimate of drug-likeness (QED) is 0.330. The molecule has 2 rings (SSSR count). The first-order valence-corrected chi connectivity index (χ1v) is 11.7. The highest BCUT2D eigenvalue weighted by Gasteiger charge is 2.34. The van der Waals surface area contributed by atoms with E-state index in [2.05, 4.69) is 17.4 Å². The highest BCUT2D eigenvalue weighted by atomic mass is 32.2. The van der Waals surface area contributed by atoms with Gasteiger partial charge in [-0.05, 0) is 0 Å². The minimum Gasteiger partial charge on any atom is -0.463 e. The number of rotatable bonds is 7. The second kappa shape index (κ2) is 14.9. The zero-order chi connectivity index (χ0) is 23.4. The molecule has 0 aromatic rings. The predicted molar refractivity (Wildman–Crippen MR) is 118 cm³/mol. The summed E-state index contributed by atoms with van der Waals surface area (Å²) in [5.74, 6) is -0.423. The van der Waals surface area contributed by atoms with E-state index in [0.717, 1.165) is 0 Å². The molecule has 0 radical (unpaired) electrons. The summed E-state index contributed by atoms with van der Waals surface area (Å²) in [5, 5.41) is 0. The summed E-state index contributed by atoms with van der Waals surface area (Å²) in [4.78, 5) is 33.6. The van der Waals surface area contributed by atoms with Crippen molar-refractivity contribution < 1.29 is 42.8 Å². The van der Waals surface area contributed by atoms with E-state index in [-0.39, 0.29) is 59.8 Å². The molecule has 0 aliphatic carbocycles. The highest BCUT2D eigenvalue weighted by Crippen LogP contribution is 2.33. The first kappa shape index (κ1) is 28.0. The smallest absolute Gasteiger partial charge is 0.302 e. The van der Waals surface area contributed by atoms with Crippen molar-refractivity contribution in [2.75, 3.05) is 26.6 Å². The van der Waals surface area contributed by atoms with Crippen LogP contribution in [0.4, 0.5) is 0 Å². The van der Waals surface area contributed by atoms with Crippen LogP contribution in [0.1, 0.15) is 46.5 Å². The molecule has 0 N–H and O–H groups in total.